The molecule has 0 saturated heterocycles. The first-order valence-electron chi connectivity index (χ1n) is 20.4. The fraction of sp³-hybridized carbons (Fsp3) is 0.667. The Kier molecular flexibility index (Phi) is 26.7. The Bertz CT molecular complexity index is 1520. The van der Waals surface area contributed by atoms with Crippen LogP contribution in [0.2, 0.25) is 0 Å². The molecule has 2 aromatic heterocycles. The Balaban J connectivity index is 0.00000532. The van der Waals surface area contributed by atoms with Gasteiger partial charge in [-0.3, -0.25) is 0 Å². The summed E-state index contributed by atoms with van der Waals surface area (Å²) in [6.07, 6.45) is 23.0. The quantitative estimate of drug-likeness (QED) is 0.0401. The van der Waals surface area contributed by atoms with Crippen molar-refractivity contribution in [3.63, 3.8) is 0 Å². The maximum Gasteiger partial charge on any atom is 0.330 e. The summed E-state index contributed by atoms with van der Waals surface area (Å²) >= 11 is 0. The second kappa shape index (κ2) is 30.7. The number of nitriles is 2. The first kappa shape index (κ1) is 48.8. The molecule has 312 valence electrons. The van der Waals surface area contributed by atoms with E-state index in [0.29, 0.717) is 34.9 Å². The molecule has 0 spiro atoms. The fourth-order valence-corrected chi connectivity index (χ4v) is 7.26. The largest absolute Gasteiger partial charge is 0.495 e. The lowest BCUT2D eigenvalue weighted by molar-refractivity contribution is -0.0102. The average Bonchev–Trinajstić information content (AvgIpc) is 3.67. The van der Waals surface area contributed by atoms with E-state index in [-0.39, 0.29) is 25.7 Å². The highest BCUT2D eigenvalue weighted by Crippen LogP contribution is 2.35. The summed E-state index contributed by atoms with van der Waals surface area (Å²) in [5.74, 6) is 0.828. The summed E-state index contributed by atoms with van der Waals surface area (Å²) in [6, 6.07) is 11.0. The zero-order valence-corrected chi connectivity index (χ0v) is 34.9. The van der Waals surface area contributed by atoms with E-state index in [1.165, 1.54) is 110 Å². The van der Waals surface area contributed by atoms with E-state index < -0.39 is 20.8 Å². The second-order valence-electron chi connectivity index (χ2n) is 14.2. The van der Waals surface area contributed by atoms with Crippen LogP contribution in [0.5, 0.6) is 5.75 Å². The number of unbranched alkanes of at least 4 members (excludes halogenated alkanes) is 16. The molecular weight excluding hydrogens is 731 g/mol. The van der Waals surface area contributed by atoms with Gasteiger partial charge in [-0.15, -0.1) is 0 Å². The number of aliphatic hydroxyl groups excluding tert-OH is 1. The highest BCUT2D eigenvalue weighted by atomic mass is 31.2. The molecule has 0 bridgehead atoms. The van der Waals surface area contributed by atoms with E-state index in [0.717, 1.165) is 24.8 Å². The molecular formula is C42H67N6O7P. The Morgan fingerprint density at radius 3 is 1.96 bits per heavy atom. The third-order valence-electron chi connectivity index (χ3n) is 9.92. The Morgan fingerprint density at radius 2 is 1.41 bits per heavy atom. The molecule has 0 aliphatic rings. The number of fused-ring (bicyclic) bond motifs is 1. The minimum absolute atomic E-state index is 0.0198. The summed E-state index contributed by atoms with van der Waals surface area (Å²) in [4.78, 5) is 14.6. The summed E-state index contributed by atoms with van der Waals surface area (Å²) < 4.78 is 30.1. The number of aromatic nitrogens is 3. The van der Waals surface area contributed by atoms with Crippen molar-refractivity contribution in [3.05, 3.63) is 53.5 Å². The standard InChI is InChI=1S/C41H66N5O7P.CHN/c1-4-5-6-7-8-9-10-11-12-13-14-15-16-17-18-19-20-21-35(51-29-33-22-23-34(28-42)40(26-33)50-3)30-52-54(48)53-31-36(49-2)27-39(47)37-24-25-38-41(43)44-32-45-46(37)38;1-2/h22-26,32,35-36,39,47-48H,4-21,27,29-31H2,1-3H3,(H2,43,44,45);1H. The van der Waals surface area contributed by atoms with Crippen molar-refractivity contribution < 1.29 is 33.3 Å². The monoisotopic (exact) mass is 798 g/mol. The molecule has 3 aromatic rings. The van der Waals surface area contributed by atoms with Crippen molar-refractivity contribution in [1.29, 1.82) is 10.5 Å². The number of nitrogens with two attached hydrogens (primary N) is 1. The molecule has 2 heterocycles. The zero-order chi connectivity index (χ0) is 40.8. The van der Waals surface area contributed by atoms with Crippen LogP contribution in [-0.4, -0.2) is 64.2 Å². The van der Waals surface area contributed by atoms with Crippen LogP contribution >= 0.6 is 8.60 Å². The van der Waals surface area contributed by atoms with E-state index in [1.807, 2.05) is 12.1 Å². The Labute approximate surface area is 336 Å². The Hall–Kier alpha value is -3.39. The molecule has 1 aromatic carbocycles. The number of anilines is 1. The number of aliphatic hydroxyl groups is 1. The lowest BCUT2D eigenvalue weighted by atomic mass is 10.0. The first-order valence-corrected chi connectivity index (χ1v) is 21.5. The lowest BCUT2D eigenvalue weighted by Crippen LogP contribution is -2.22. The average molecular weight is 799 g/mol. The van der Waals surface area contributed by atoms with Gasteiger partial charge in [-0.05, 0) is 36.2 Å². The van der Waals surface area contributed by atoms with Crippen molar-refractivity contribution >= 4 is 19.9 Å². The molecule has 0 aliphatic carbocycles. The third kappa shape index (κ3) is 19.2. The van der Waals surface area contributed by atoms with Crippen LogP contribution in [0.4, 0.5) is 5.82 Å². The van der Waals surface area contributed by atoms with Gasteiger partial charge in [0.1, 0.15) is 23.7 Å². The topological polar surface area (TPSA) is 190 Å². The molecule has 4 unspecified atom stereocenters. The first-order chi connectivity index (χ1) is 27.4. The number of nitrogen functional groups attached to an aromatic ring is 1. The zero-order valence-electron chi connectivity index (χ0n) is 34.0. The van der Waals surface area contributed by atoms with Crippen LogP contribution in [0.1, 0.15) is 152 Å². The normalized spacial score (nSPS) is 13.4. The highest BCUT2D eigenvalue weighted by Gasteiger charge is 2.22. The van der Waals surface area contributed by atoms with Gasteiger partial charge >= 0.3 is 8.60 Å². The van der Waals surface area contributed by atoms with Gasteiger partial charge in [0, 0.05) is 20.1 Å². The van der Waals surface area contributed by atoms with Crippen LogP contribution in [0.25, 0.3) is 5.52 Å². The summed E-state index contributed by atoms with van der Waals surface area (Å²) in [5, 5.41) is 30.9. The minimum Gasteiger partial charge on any atom is -0.495 e. The highest BCUT2D eigenvalue weighted by molar-refractivity contribution is 7.40. The predicted molar refractivity (Wildman–Crippen MR) is 221 cm³/mol. The molecule has 0 amide bonds. The van der Waals surface area contributed by atoms with E-state index in [4.69, 9.17) is 34.3 Å². The van der Waals surface area contributed by atoms with Crippen LogP contribution in [0.15, 0.2) is 36.7 Å². The Morgan fingerprint density at radius 1 is 0.839 bits per heavy atom. The van der Waals surface area contributed by atoms with Crippen molar-refractivity contribution in [3.8, 4) is 18.4 Å². The SMILES string of the molecule is C#N.CCCCCCCCCCCCCCCCCCCC(COP(O)OCC(CC(O)c1ccc2c(N)ncnn12)OC)OCc1ccc(C#N)c(OC)c1. The number of hydrogen-bond donors (Lipinski definition) is 3. The van der Waals surface area contributed by atoms with Gasteiger partial charge in [0.25, 0.3) is 0 Å². The van der Waals surface area contributed by atoms with Crippen LogP contribution in [0.3, 0.4) is 0 Å². The van der Waals surface area contributed by atoms with Crippen molar-refractivity contribution in [2.75, 3.05) is 33.2 Å². The predicted octanol–water partition coefficient (Wildman–Crippen LogP) is 9.65. The van der Waals surface area contributed by atoms with Crippen LogP contribution < -0.4 is 10.5 Å². The summed E-state index contributed by atoms with van der Waals surface area (Å²) in [5.41, 5.74) is 8.43. The molecule has 56 heavy (non-hydrogen) atoms. The molecule has 0 radical (unpaired) electrons. The van der Waals surface area contributed by atoms with Gasteiger partial charge in [0.05, 0.1) is 56.5 Å². The number of methoxy groups -OCH3 is 2. The maximum absolute atomic E-state index is 10.9. The van der Waals surface area contributed by atoms with Gasteiger partial charge in [-0.1, -0.05) is 122 Å². The van der Waals surface area contributed by atoms with Gasteiger partial charge in [0.15, 0.2) is 5.82 Å². The van der Waals surface area contributed by atoms with Gasteiger partial charge in [-0.25, -0.2) is 14.8 Å². The van der Waals surface area contributed by atoms with E-state index in [2.05, 4.69) is 29.6 Å². The molecule has 13 nitrogen and oxygen atoms in total. The summed E-state index contributed by atoms with van der Waals surface area (Å²) in [7, 11) is 0.856. The molecule has 0 fully saturated rings. The van der Waals surface area contributed by atoms with Crippen LogP contribution in [0, 0.1) is 23.2 Å². The molecule has 0 saturated carbocycles. The van der Waals surface area contributed by atoms with Crippen molar-refractivity contribution in [2.45, 2.75) is 154 Å². The number of rotatable bonds is 32. The summed E-state index contributed by atoms with van der Waals surface area (Å²) in [6.45, 7) is 6.27. The second-order valence-corrected chi connectivity index (χ2v) is 15.2. The minimum atomic E-state index is -2.21. The molecule has 0 aliphatic heterocycles. The van der Waals surface area contributed by atoms with E-state index in [1.54, 1.807) is 29.8 Å². The number of benzene rings is 1. The molecule has 3 rings (SSSR count). The number of nitrogens with zero attached hydrogens (tertiary/aromatic N) is 5. The lowest BCUT2D eigenvalue weighted by Gasteiger charge is -2.22. The number of ether oxygens (including phenoxy) is 3. The van der Waals surface area contributed by atoms with Gasteiger partial charge in [0.2, 0.25) is 0 Å². The third-order valence-corrected chi connectivity index (χ3v) is 10.7. The van der Waals surface area contributed by atoms with Gasteiger partial charge < -0.3 is 39.0 Å². The maximum atomic E-state index is 10.9. The molecule has 4 atom stereocenters. The van der Waals surface area contributed by atoms with Crippen molar-refractivity contribution in [2.24, 2.45) is 0 Å². The van der Waals surface area contributed by atoms with Crippen molar-refractivity contribution in [1.82, 2.24) is 14.6 Å². The number of hydrogen-bond acceptors (Lipinski definition) is 12. The van der Waals surface area contributed by atoms with E-state index in [9.17, 15) is 15.3 Å². The van der Waals surface area contributed by atoms with E-state index >= 15 is 0 Å². The van der Waals surface area contributed by atoms with Gasteiger partial charge in [-0.2, -0.15) is 10.4 Å². The fourth-order valence-electron chi connectivity index (χ4n) is 6.60. The molecule has 4 N–H and O–H groups in total. The van der Waals surface area contributed by atoms with Crippen LogP contribution in [-0.2, 0) is 25.1 Å². The smallest absolute Gasteiger partial charge is 0.330 e. The molecule has 14 heteroatoms.